The van der Waals surface area contributed by atoms with Crippen molar-refractivity contribution in [3.05, 3.63) is 33.1 Å². The number of piperidine rings is 1. The number of likely N-dealkylation sites (N-methyl/N-ethyl adjacent to an activating group) is 1. The number of halogens is 2. The molecule has 1 saturated heterocycles. The number of benzene rings is 1. The molecule has 1 atom stereocenters. The molecule has 1 aliphatic heterocycles. The molecule has 2 rings (SSSR count). The van der Waals surface area contributed by atoms with Gasteiger partial charge < -0.3 is 10.2 Å². The molecule has 7 heteroatoms. The minimum Gasteiger partial charge on any atom is -0.365 e. The fraction of sp³-hybridized carbons (Fsp3) is 0.571. The first-order valence-corrected chi connectivity index (χ1v) is 7.52. The van der Waals surface area contributed by atoms with Crippen molar-refractivity contribution in [3.8, 4) is 0 Å². The molecule has 0 aromatic heterocycles. The van der Waals surface area contributed by atoms with Gasteiger partial charge in [0, 0.05) is 31.3 Å². The van der Waals surface area contributed by atoms with E-state index < -0.39 is 10.7 Å². The number of hydrogen-bond acceptors (Lipinski definition) is 4. The second-order valence-electron chi connectivity index (χ2n) is 5.20. The van der Waals surface area contributed by atoms with Crippen LogP contribution in [-0.2, 0) is 0 Å². The number of nitrogens with zero attached hydrogens (tertiary/aromatic N) is 2. The highest BCUT2D eigenvalue weighted by Gasteiger charge is 2.24. The molecule has 0 aliphatic carbocycles. The molecule has 1 unspecified atom stereocenters. The van der Waals surface area contributed by atoms with Crippen LogP contribution in [-0.4, -0.2) is 30.6 Å². The summed E-state index contributed by atoms with van der Waals surface area (Å²) in [5.74, 6) is -0.632. The third kappa shape index (κ3) is 3.83. The predicted molar refractivity (Wildman–Crippen MR) is 81.6 cm³/mol. The molecule has 0 radical (unpaired) electrons. The van der Waals surface area contributed by atoms with Gasteiger partial charge in [-0.25, -0.2) is 4.39 Å². The Bertz CT molecular complexity index is 521. The number of nitro benzene ring substituents is 1. The minimum atomic E-state index is -0.632. The van der Waals surface area contributed by atoms with Crippen LogP contribution in [0.15, 0.2) is 12.1 Å². The van der Waals surface area contributed by atoms with Crippen LogP contribution in [0.2, 0.25) is 5.02 Å². The zero-order valence-corrected chi connectivity index (χ0v) is 12.7. The summed E-state index contributed by atoms with van der Waals surface area (Å²) in [6.07, 6.45) is 3.32. The fourth-order valence-corrected chi connectivity index (χ4v) is 2.83. The first-order valence-electron chi connectivity index (χ1n) is 7.14. The number of nitro groups is 1. The van der Waals surface area contributed by atoms with Gasteiger partial charge in [-0.3, -0.25) is 10.1 Å². The Labute approximate surface area is 128 Å². The lowest BCUT2D eigenvalue weighted by atomic mass is 10.0. The van der Waals surface area contributed by atoms with E-state index in [4.69, 9.17) is 11.6 Å². The van der Waals surface area contributed by atoms with E-state index in [1.54, 1.807) is 0 Å². The molecule has 0 amide bonds. The standard InChI is InChI=1S/C14H19ClFN3O2/c1-2-18(9-10-5-3-4-6-17-10)13-8-12(16)11(15)7-14(13)19(20)21/h7-8,10,17H,2-6,9H2,1H3. The summed E-state index contributed by atoms with van der Waals surface area (Å²) in [4.78, 5) is 12.5. The average Bonchev–Trinajstić information content (AvgIpc) is 2.48. The average molecular weight is 316 g/mol. The van der Waals surface area contributed by atoms with Crippen LogP contribution in [0.5, 0.6) is 0 Å². The van der Waals surface area contributed by atoms with E-state index in [-0.39, 0.29) is 22.4 Å². The van der Waals surface area contributed by atoms with Gasteiger partial charge in [-0.1, -0.05) is 18.0 Å². The largest absolute Gasteiger partial charge is 0.365 e. The van der Waals surface area contributed by atoms with E-state index >= 15 is 0 Å². The molecule has 0 spiro atoms. The highest BCUT2D eigenvalue weighted by Crippen LogP contribution is 2.33. The first kappa shape index (κ1) is 16.0. The molecule has 1 heterocycles. The third-order valence-corrected chi connectivity index (χ3v) is 4.08. The summed E-state index contributed by atoms with van der Waals surface area (Å²) in [5, 5.41) is 14.4. The van der Waals surface area contributed by atoms with Crippen LogP contribution in [0.3, 0.4) is 0 Å². The summed E-state index contributed by atoms with van der Waals surface area (Å²) >= 11 is 5.66. The summed E-state index contributed by atoms with van der Waals surface area (Å²) < 4.78 is 13.7. The van der Waals surface area contributed by atoms with Gasteiger partial charge in [0.2, 0.25) is 0 Å². The van der Waals surface area contributed by atoms with Crippen molar-refractivity contribution in [2.24, 2.45) is 0 Å². The van der Waals surface area contributed by atoms with Crippen molar-refractivity contribution in [2.75, 3.05) is 24.5 Å². The van der Waals surface area contributed by atoms with Crippen LogP contribution in [0.25, 0.3) is 0 Å². The van der Waals surface area contributed by atoms with Crippen LogP contribution in [0.1, 0.15) is 26.2 Å². The second-order valence-corrected chi connectivity index (χ2v) is 5.60. The van der Waals surface area contributed by atoms with E-state index in [9.17, 15) is 14.5 Å². The lowest BCUT2D eigenvalue weighted by molar-refractivity contribution is -0.384. The molecule has 1 N–H and O–H groups in total. The van der Waals surface area contributed by atoms with Crippen molar-refractivity contribution in [1.82, 2.24) is 5.32 Å². The smallest absolute Gasteiger partial charge is 0.294 e. The second kappa shape index (κ2) is 7.04. The van der Waals surface area contributed by atoms with E-state index in [0.29, 0.717) is 13.1 Å². The topological polar surface area (TPSA) is 58.4 Å². The molecule has 1 aromatic carbocycles. The molecule has 5 nitrogen and oxygen atoms in total. The minimum absolute atomic E-state index is 0.154. The maximum atomic E-state index is 13.7. The van der Waals surface area contributed by atoms with Crippen LogP contribution in [0, 0.1) is 15.9 Å². The zero-order chi connectivity index (χ0) is 15.4. The number of nitrogens with one attached hydrogen (secondary N) is 1. The Balaban J connectivity index is 2.27. The van der Waals surface area contributed by atoms with Gasteiger partial charge in [0.05, 0.1) is 9.95 Å². The van der Waals surface area contributed by atoms with Crippen LogP contribution >= 0.6 is 11.6 Å². The normalized spacial score (nSPS) is 18.5. The molecule has 0 bridgehead atoms. The third-order valence-electron chi connectivity index (χ3n) is 3.79. The van der Waals surface area contributed by atoms with Crippen LogP contribution in [0.4, 0.5) is 15.8 Å². The van der Waals surface area contributed by atoms with Crippen LogP contribution < -0.4 is 10.2 Å². The van der Waals surface area contributed by atoms with Gasteiger partial charge in [-0.05, 0) is 26.3 Å². The quantitative estimate of drug-likeness (QED) is 0.668. The molecule has 21 heavy (non-hydrogen) atoms. The number of anilines is 1. The summed E-state index contributed by atoms with van der Waals surface area (Å²) in [6, 6.07) is 2.52. The lowest BCUT2D eigenvalue weighted by Crippen LogP contribution is -2.43. The highest BCUT2D eigenvalue weighted by molar-refractivity contribution is 6.31. The van der Waals surface area contributed by atoms with Gasteiger partial charge >= 0.3 is 0 Å². The monoisotopic (exact) mass is 315 g/mol. The van der Waals surface area contributed by atoms with Crippen molar-refractivity contribution >= 4 is 23.0 Å². The Morgan fingerprint density at radius 3 is 2.86 bits per heavy atom. The molecule has 1 aliphatic rings. The molecular formula is C14H19ClFN3O2. The zero-order valence-electron chi connectivity index (χ0n) is 11.9. The number of hydrogen-bond donors (Lipinski definition) is 1. The van der Waals surface area contributed by atoms with Crippen molar-refractivity contribution in [3.63, 3.8) is 0 Å². The molecule has 116 valence electrons. The SMILES string of the molecule is CCN(CC1CCCCN1)c1cc(F)c(Cl)cc1[N+](=O)[O-]. The maximum absolute atomic E-state index is 13.7. The summed E-state index contributed by atoms with van der Waals surface area (Å²) in [7, 11) is 0. The molecule has 0 saturated carbocycles. The maximum Gasteiger partial charge on any atom is 0.294 e. The molecule has 1 fully saturated rings. The van der Waals surface area contributed by atoms with Crippen molar-refractivity contribution < 1.29 is 9.31 Å². The van der Waals surface area contributed by atoms with Crippen molar-refractivity contribution in [2.45, 2.75) is 32.2 Å². The number of rotatable bonds is 5. The van der Waals surface area contributed by atoms with Gasteiger partial charge in [-0.15, -0.1) is 0 Å². The van der Waals surface area contributed by atoms with E-state index in [1.807, 2.05) is 11.8 Å². The predicted octanol–water partition coefficient (Wildman–Crippen LogP) is 3.36. The van der Waals surface area contributed by atoms with Gasteiger partial charge in [0.25, 0.3) is 5.69 Å². The van der Waals surface area contributed by atoms with Crippen molar-refractivity contribution in [1.29, 1.82) is 0 Å². The van der Waals surface area contributed by atoms with E-state index in [2.05, 4.69) is 5.32 Å². The highest BCUT2D eigenvalue weighted by atomic mass is 35.5. The lowest BCUT2D eigenvalue weighted by Gasteiger charge is -2.31. The first-order chi connectivity index (χ1) is 10.0. The van der Waals surface area contributed by atoms with Gasteiger partial charge in [-0.2, -0.15) is 0 Å². The fourth-order valence-electron chi connectivity index (χ4n) is 2.67. The van der Waals surface area contributed by atoms with E-state index in [1.165, 1.54) is 0 Å². The molecular weight excluding hydrogens is 297 g/mol. The molecule has 1 aromatic rings. The Hall–Kier alpha value is -1.40. The summed E-state index contributed by atoms with van der Waals surface area (Å²) in [6.45, 7) is 4.05. The van der Waals surface area contributed by atoms with E-state index in [0.717, 1.165) is 37.9 Å². The summed E-state index contributed by atoms with van der Waals surface area (Å²) in [5.41, 5.74) is 0.135. The van der Waals surface area contributed by atoms with Gasteiger partial charge in [0.1, 0.15) is 11.5 Å². The van der Waals surface area contributed by atoms with Gasteiger partial charge in [0.15, 0.2) is 0 Å². The Morgan fingerprint density at radius 2 is 2.29 bits per heavy atom. The Morgan fingerprint density at radius 1 is 1.52 bits per heavy atom. The Kier molecular flexibility index (Phi) is 5.36.